The third-order valence-electron chi connectivity index (χ3n) is 1.52. The lowest BCUT2D eigenvalue weighted by Gasteiger charge is -2.22. The molecule has 2 nitrogen and oxygen atoms in total. The largest absolute Gasteiger partial charge is 0.380 e. The third-order valence-corrected chi connectivity index (χ3v) is 2.54. The Morgan fingerprint density at radius 2 is 2.09 bits per heavy atom. The lowest BCUT2D eigenvalue weighted by Crippen LogP contribution is -2.27. The highest BCUT2D eigenvalue weighted by atomic mass is 32.2. The van der Waals surface area contributed by atoms with E-state index in [1.807, 2.05) is 18.9 Å². The van der Waals surface area contributed by atoms with E-state index in [1.54, 1.807) is 0 Å². The fraction of sp³-hybridized carbons (Fsp3) is 1.00. The van der Waals surface area contributed by atoms with E-state index in [2.05, 4.69) is 25.2 Å². The lowest BCUT2D eigenvalue weighted by atomic mass is 10.4. The maximum Gasteiger partial charge on any atom is 0.0628 e. The molecule has 68 valence electrons. The van der Waals surface area contributed by atoms with E-state index in [0.717, 1.165) is 19.0 Å². The molecule has 0 saturated heterocycles. The van der Waals surface area contributed by atoms with Crippen molar-refractivity contribution in [1.29, 1.82) is 0 Å². The molecule has 0 aromatic rings. The predicted molar refractivity (Wildman–Crippen MR) is 51.9 cm³/mol. The van der Waals surface area contributed by atoms with Gasteiger partial charge in [-0.05, 0) is 20.9 Å². The van der Waals surface area contributed by atoms with Gasteiger partial charge in [0, 0.05) is 18.4 Å². The molecule has 0 N–H and O–H groups in total. The van der Waals surface area contributed by atoms with Gasteiger partial charge in [-0.25, -0.2) is 4.31 Å². The smallest absolute Gasteiger partial charge is 0.0628 e. The van der Waals surface area contributed by atoms with Gasteiger partial charge in [0.2, 0.25) is 0 Å². The minimum Gasteiger partial charge on any atom is -0.380 e. The fourth-order valence-electron chi connectivity index (χ4n) is 0.724. The molecule has 0 saturated carbocycles. The van der Waals surface area contributed by atoms with Gasteiger partial charge in [-0.2, -0.15) is 0 Å². The first-order valence-electron chi connectivity index (χ1n) is 4.15. The molecule has 0 bridgehead atoms. The van der Waals surface area contributed by atoms with Crippen LogP contribution in [0.5, 0.6) is 0 Å². The summed E-state index contributed by atoms with van der Waals surface area (Å²) in [7, 11) is 2.11. The molecule has 0 aliphatic carbocycles. The topological polar surface area (TPSA) is 12.5 Å². The van der Waals surface area contributed by atoms with Crippen molar-refractivity contribution in [2.75, 3.05) is 26.0 Å². The molecule has 0 spiro atoms. The summed E-state index contributed by atoms with van der Waals surface area (Å²) in [6.07, 6.45) is 0. The molecule has 0 aromatic carbocycles. The van der Waals surface area contributed by atoms with Crippen molar-refractivity contribution in [3.05, 3.63) is 0 Å². The van der Waals surface area contributed by atoms with Crippen molar-refractivity contribution < 1.29 is 4.74 Å². The summed E-state index contributed by atoms with van der Waals surface area (Å²) in [6, 6.07) is 0.514. The van der Waals surface area contributed by atoms with Crippen molar-refractivity contribution in [3.8, 4) is 0 Å². The average Bonchev–Trinajstić information content (AvgIpc) is 2.00. The second kappa shape index (κ2) is 6.95. The summed E-state index contributed by atoms with van der Waals surface area (Å²) in [5, 5.41) is 0. The standard InChI is InChI=1S/C8H19NOS/c1-5-10-7-8(3)9(4)11-6-2/h8H,5-7H2,1-4H3. The zero-order valence-corrected chi connectivity index (χ0v) is 8.78. The molecule has 11 heavy (non-hydrogen) atoms. The highest BCUT2D eigenvalue weighted by Gasteiger charge is 2.07. The maximum atomic E-state index is 5.31. The summed E-state index contributed by atoms with van der Waals surface area (Å²) < 4.78 is 7.55. The molecule has 0 aliphatic heterocycles. The van der Waals surface area contributed by atoms with Crippen LogP contribution in [0.2, 0.25) is 0 Å². The van der Waals surface area contributed by atoms with E-state index < -0.39 is 0 Å². The zero-order chi connectivity index (χ0) is 8.69. The van der Waals surface area contributed by atoms with Gasteiger partial charge in [-0.3, -0.25) is 0 Å². The lowest BCUT2D eigenvalue weighted by molar-refractivity contribution is 0.113. The molecular weight excluding hydrogens is 158 g/mol. The third kappa shape index (κ3) is 5.53. The van der Waals surface area contributed by atoms with Crippen LogP contribution in [0.3, 0.4) is 0 Å². The second-order valence-electron chi connectivity index (χ2n) is 2.47. The van der Waals surface area contributed by atoms with Crippen LogP contribution in [0.25, 0.3) is 0 Å². The van der Waals surface area contributed by atoms with Crippen LogP contribution in [-0.4, -0.2) is 36.4 Å². The second-order valence-corrected chi connectivity index (χ2v) is 3.88. The van der Waals surface area contributed by atoms with Crippen molar-refractivity contribution in [2.24, 2.45) is 0 Å². The van der Waals surface area contributed by atoms with Gasteiger partial charge in [0.1, 0.15) is 0 Å². The van der Waals surface area contributed by atoms with Crippen molar-refractivity contribution in [2.45, 2.75) is 26.8 Å². The van der Waals surface area contributed by atoms with Gasteiger partial charge in [0.25, 0.3) is 0 Å². The van der Waals surface area contributed by atoms with E-state index in [9.17, 15) is 0 Å². The zero-order valence-electron chi connectivity index (χ0n) is 7.96. The number of hydrogen-bond donors (Lipinski definition) is 0. The SMILES string of the molecule is CCOCC(C)N(C)SCC. The Labute approximate surface area is 74.4 Å². The normalized spacial score (nSPS) is 13.9. The molecule has 0 fully saturated rings. The van der Waals surface area contributed by atoms with E-state index in [1.165, 1.54) is 0 Å². The van der Waals surface area contributed by atoms with Gasteiger partial charge in [0.15, 0.2) is 0 Å². The summed E-state index contributed by atoms with van der Waals surface area (Å²) in [5.74, 6) is 1.13. The number of hydrogen-bond acceptors (Lipinski definition) is 3. The van der Waals surface area contributed by atoms with Crippen LogP contribution in [0.15, 0.2) is 0 Å². The molecule has 0 heterocycles. The van der Waals surface area contributed by atoms with Crippen LogP contribution >= 0.6 is 11.9 Å². The van der Waals surface area contributed by atoms with Crippen LogP contribution in [-0.2, 0) is 4.74 Å². The Balaban J connectivity index is 3.38. The molecule has 1 atom stereocenters. The summed E-state index contributed by atoms with van der Waals surface area (Å²) in [4.78, 5) is 0. The Hall–Kier alpha value is 0.270. The quantitative estimate of drug-likeness (QED) is 0.576. The summed E-state index contributed by atoms with van der Waals surface area (Å²) >= 11 is 1.84. The number of ether oxygens (including phenoxy) is 1. The average molecular weight is 177 g/mol. The number of rotatable bonds is 6. The number of likely N-dealkylation sites (N-methyl/N-ethyl adjacent to an activating group) is 1. The van der Waals surface area contributed by atoms with Crippen LogP contribution < -0.4 is 0 Å². The van der Waals surface area contributed by atoms with Gasteiger partial charge >= 0.3 is 0 Å². The molecular formula is C8H19NOS. The predicted octanol–water partition coefficient (Wildman–Crippen LogP) is 2.01. The monoisotopic (exact) mass is 177 g/mol. The summed E-state index contributed by atoms with van der Waals surface area (Å²) in [6.45, 7) is 8.02. The molecule has 0 amide bonds. The van der Waals surface area contributed by atoms with Crippen LogP contribution in [0, 0.1) is 0 Å². The molecule has 0 aliphatic rings. The minimum atomic E-state index is 0.514. The molecule has 0 radical (unpaired) electrons. The highest BCUT2D eigenvalue weighted by molar-refractivity contribution is 7.96. The molecule has 0 rings (SSSR count). The van der Waals surface area contributed by atoms with Gasteiger partial charge in [-0.1, -0.05) is 18.9 Å². The first kappa shape index (κ1) is 11.3. The molecule has 1 unspecified atom stereocenters. The van der Waals surface area contributed by atoms with E-state index >= 15 is 0 Å². The van der Waals surface area contributed by atoms with Crippen molar-refractivity contribution in [1.82, 2.24) is 4.31 Å². The van der Waals surface area contributed by atoms with Crippen LogP contribution in [0.1, 0.15) is 20.8 Å². The first-order valence-corrected chi connectivity index (χ1v) is 5.10. The fourth-order valence-corrected chi connectivity index (χ4v) is 1.45. The van der Waals surface area contributed by atoms with Gasteiger partial charge in [0.05, 0.1) is 6.61 Å². The van der Waals surface area contributed by atoms with Crippen molar-refractivity contribution >= 4 is 11.9 Å². The minimum absolute atomic E-state index is 0.514. The highest BCUT2D eigenvalue weighted by Crippen LogP contribution is 2.10. The van der Waals surface area contributed by atoms with Gasteiger partial charge in [-0.15, -0.1) is 0 Å². The maximum absolute atomic E-state index is 5.31. The molecule has 0 aromatic heterocycles. The Bertz CT molecular complexity index is 90.2. The van der Waals surface area contributed by atoms with E-state index in [4.69, 9.17) is 4.74 Å². The van der Waals surface area contributed by atoms with Gasteiger partial charge < -0.3 is 4.74 Å². The summed E-state index contributed by atoms with van der Waals surface area (Å²) in [5.41, 5.74) is 0. The molecule has 3 heteroatoms. The van der Waals surface area contributed by atoms with Crippen molar-refractivity contribution in [3.63, 3.8) is 0 Å². The first-order chi connectivity index (χ1) is 5.22. The number of nitrogens with zero attached hydrogens (tertiary/aromatic N) is 1. The Morgan fingerprint density at radius 1 is 1.45 bits per heavy atom. The Kier molecular flexibility index (Phi) is 7.12. The Morgan fingerprint density at radius 3 is 2.55 bits per heavy atom. The van der Waals surface area contributed by atoms with E-state index in [-0.39, 0.29) is 0 Å². The van der Waals surface area contributed by atoms with Crippen LogP contribution in [0.4, 0.5) is 0 Å². The van der Waals surface area contributed by atoms with E-state index in [0.29, 0.717) is 6.04 Å².